The predicted octanol–water partition coefficient (Wildman–Crippen LogP) is -1.53. The molecule has 0 bridgehead atoms. The Kier molecular flexibility index (Phi) is 6.43. The number of carbonyl (C=O) groups excluding carboxylic acids is 4. The van der Waals surface area contributed by atoms with E-state index in [0.29, 0.717) is 0 Å². The predicted molar refractivity (Wildman–Crippen MR) is 51.3 cm³/mol. The average Bonchev–Trinajstić information content (AvgIpc) is 2.12. The summed E-state index contributed by atoms with van der Waals surface area (Å²) in [6.45, 7) is 0. The lowest BCUT2D eigenvalue weighted by Crippen LogP contribution is -2.26. The normalized spacial score (nSPS) is 12.2. The average molecular weight is 276 g/mol. The van der Waals surface area contributed by atoms with E-state index < -0.39 is 48.7 Å². The summed E-state index contributed by atoms with van der Waals surface area (Å²) < 4.78 is 7.69. The number of hydrogen-bond acceptors (Lipinski definition) is 8. The van der Waals surface area contributed by atoms with Gasteiger partial charge in [0.2, 0.25) is 0 Å². The molecule has 19 heavy (non-hydrogen) atoms. The highest BCUT2D eigenvalue weighted by molar-refractivity contribution is 6.06. The molecule has 10 nitrogen and oxygen atoms in total. The molecule has 1 heterocycles. The minimum Gasteiger partial charge on any atom is -0.481 e. The van der Waals surface area contributed by atoms with Crippen LogP contribution in [0.3, 0.4) is 0 Å². The Morgan fingerprint density at radius 2 is 1.26 bits per heavy atom. The van der Waals surface area contributed by atoms with Crippen molar-refractivity contribution in [3.05, 3.63) is 0 Å². The number of cyclic esters (lactones) is 2. The van der Waals surface area contributed by atoms with Gasteiger partial charge in [-0.05, 0) is 0 Å². The lowest BCUT2D eigenvalue weighted by Gasteiger charge is -2.06. The molecule has 0 radical (unpaired) electrons. The molecule has 0 atom stereocenters. The fraction of sp³-hybridized carbons (Fsp3) is 0.333. The summed E-state index contributed by atoms with van der Waals surface area (Å²) in [4.78, 5) is 60.0. The maximum absolute atomic E-state index is 10.4. The molecular weight excluding hydrogens is 268 g/mol. The summed E-state index contributed by atoms with van der Waals surface area (Å²) in [5.41, 5.74) is 0. The number of carboxylic acids is 2. The van der Waals surface area contributed by atoms with Crippen LogP contribution in [0.25, 0.3) is 0 Å². The Morgan fingerprint density at radius 1 is 0.947 bits per heavy atom. The van der Waals surface area contributed by atoms with Crippen molar-refractivity contribution in [2.45, 2.75) is 19.3 Å². The van der Waals surface area contributed by atoms with E-state index in [-0.39, 0.29) is 6.42 Å². The topological polar surface area (TPSA) is 161 Å². The Balaban J connectivity index is 0.000000443. The van der Waals surface area contributed by atoms with Gasteiger partial charge < -0.3 is 19.7 Å². The second kappa shape index (κ2) is 7.53. The zero-order valence-electron chi connectivity index (χ0n) is 9.28. The summed E-state index contributed by atoms with van der Waals surface area (Å²) in [6, 6.07) is 0. The molecule has 2 N–H and O–H groups in total. The summed E-state index contributed by atoms with van der Waals surface area (Å²) in [5.74, 6) is -6.29. The molecule has 0 aliphatic carbocycles. The van der Waals surface area contributed by atoms with Crippen LogP contribution in [0.2, 0.25) is 0 Å². The standard InChI is InChI=1S/C6H6O7.C3H2O3/c7-3(8)1-5(11)13-6(12)2-4(9)10;4-2-1-3(5)6-2/h1-2H2,(H,7,8)(H,9,10);1H2. The van der Waals surface area contributed by atoms with E-state index >= 15 is 0 Å². The molecule has 0 aromatic carbocycles. The van der Waals surface area contributed by atoms with Crippen molar-refractivity contribution >= 4 is 35.8 Å². The van der Waals surface area contributed by atoms with Crippen LogP contribution in [0.5, 0.6) is 0 Å². The van der Waals surface area contributed by atoms with Gasteiger partial charge in [0.05, 0.1) is 0 Å². The first-order chi connectivity index (χ1) is 8.70. The van der Waals surface area contributed by atoms with Gasteiger partial charge in [-0.15, -0.1) is 0 Å². The first-order valence-electron chi connectivity index (χ1n) is 4.61. The van der Waals surface area contributed by atoms with Crippen molar-refractivity contribution in [1.82, 2.24) is 0 Å². The Hall–Kier alpha value is -2.78. The van der Waals surface area contributed by atoms with Crippen LogP contribution in [-0.2, 0) is 38.2 Å². The molecule has 0 amide bonds. The van der Waals surface area contributed by atoms with E-state index in [1.165, 1.54) is 0 Å². The van der Waals surface area contributed by atoms with E-state index in [0.717, 1.165) is 0 Å². The number of hydrogen-bond donors (Lipinski definition) is 2. The van der Waals surface area contributed by atoms with Gasteiger partial charge >= 0.3 is 35.8 Å². The highest BCUT2D eigenvalue weighted by atomic mass is 16.6. The second-order valence-electron chi connectivity index (χ2n) is 3.01. The first kappa shape index (κ1) is 16.2. The third-order valence-electron chi connectivity index (χ3n) is 1.34. The van der Waals surface area contributed by atoms with Crippen LogP contribution in [0.4, 0.5) is 0 Å². The van der Waals surface area contributed by atoms with Crippen LogP contribution < -0.4 is 0 Å². The van der Waals surface area contributed by atoms with Crippen molar-refractivity contribution in [2.75, 3.05) is 0 Å². The van der Waals surface area contributed by atoms with Gasteiger partial charge in [-0.2, -0.15) is 0 Å². The highest BCUT2D eigenvalue weighted by Gasteiger charge is 2.24. The van der Waals surface area contributed by atoms with Gasteiger partial charge in [0.25, 0.3) is 0 Å². The third kappa shape index (κ3) is 8.97. The molecule has 1 saturated heterocycles. The molecular formula is C9H8O10. The number of esters is 4. The Bertz CT molecular complexity index is 386. The SMILES string of the molecule is O=C(O)CC(=O)OC(=O)CC(=O)O.O=C1CC(=O)O1. The van der Waals surface area contributed by atoms with Crippen LogP contribution in [-0.4, -0.2) is 46.0 Å². The number of aliphatic carboxylic acids is 2. The van der Waals surface area contributed by atoms with Crippen molar-refractivity contribution in [3.63, 3.8) is 0 Å². The van der Waals surface area contributed by atoms with Gasteiger partial charge in [0, 0.05) is 0 Å². The van der Waals surface area contributed by atoms with Crippen molar-refractivity contribution in [2.24, 2.45) is 0 Å². The Morgan fingerprint density at radius 3 is 1.42 bits per heavy atom. The van der Waals surface area contributed by atoms with Gasteiger partial charge in [-0.1, -0.05) is 0 Å². The van der Waals surface area contributed by atoms with E-state index in [9.17, 15) is 28.8 Å². The quantitative estimate of drug-likeness (QED) is 0.454. The summed E-state index contributed by atoms with van der Waals surface area (Å²) in [7, 11) is 0. The molecule has 1 fully saturated rings. The van der Waals surface area contributed by atoms with Crippen molar-refractivity contribution < 1.29 is 48.5 Å². The summed E-state index contributed by atoms with van der Waals surface area (Å²) in [5, 5.41) is 16.1. The van der Waals surface area contributed by atoms with Gasteiger partial charge in [0.1, 0.15) is 19.3 Å². The van der Waals surface area contributed by atoms with Gasteiger partial charge in [0.15, 0.2) is 0 Å². The largest absolute Gasteiger partial charge is 0.481 e. The van der Waals surface area contributed by atoms with Gasteiger partial charge in [-0.25, -0.2) is 0 Å². The molecule has 0 aromatic rings. The van der Waals surface area contributed by atoms with Crippen molar-refractivity contribution in [3.8, 4) is 0 Å². The minimum absolute atomic E-state index is 0.0278. The smallest absolute Gasteiger partial charge is 0.324 e. The monoisotopic (exact) mass is 276 g/mol. The zero-order chi connectivity index (χ0) is 15.0. The lowest BCUT2D eigenvalue weighted by molar-refractivity contribution is -0.175. The lowest BCUT2D eigenvalue weighted by atomic mass is 10.4. The van der Waals surface area contributed by atoms with Gasteiger partial charge in [-0.3, -0.25) is 28.8 Å². The molecule has 0 spiro atoms. The molecule has 0 unspecified atom stereocenters. The van der Waals surface area contributed by atoms with E-state index in [1.807, 2.05) is 0 Å². The minimum atomic E-state index is -1.45. The summed E-state index contributed by atoms with van der Waals surface area (Å²) >= 11 is 0. The Labute approximate surface area is 104 Å². The molecule has 10 heteroatoms. The third-order valence-corrected chi connectivity index (χ3v) is 1.34. The fourth-order valence-electron chi connectivity index (χ4n) is 0.683. The van der Waals surface area contributed by atoms with Crippen LogP contribution in [0.15, 0.2) is 0 Å². The fourth-order valence-corrected chi connectivity index (χ4v) is 0.683. The van der Waals surface area contributed by atoms with Crippen LogP contribution in [0, 0.1) is 0 Å². The van der Waals surface area contributed by atoms with Crippen LogP contribution >= 0.6 is 0 Å². The van der Waals surface area contributed by atoms with E-state index in [4.69, 9.17) is 10.2 Å². The number of carbonyl (C=O) groups is 6. The maximum atomic E-state index is 10.4. The van der Waals surface area contributed by atoms with E-state index in [1.54, 1.807) is 0 Å². The number of carboxylic acid groups (broad SMARTS) is 2. The molecule has 1 rings (SSSR count). The second-order valence-corrected chi connectivity index (χ2v) is 3.01. The van der Waals surface area contributed by atoms with Crippen LogP contribution in [0.1, 0.15) is 19.3 Å². The molecule has 0 aromatic heterocycles. The molecule has 1 aliphatic heterocycles. The molecule has 0 saturated carbocycles. The number of rotatable bonds is 4. The maximum Gasteiger partial charge on any atom is 0.324 e. The highest BCUT2D eigenvalue weighted by Crippen LogP contribution is 2.00. The number of ether oxygens (including phenoxy) is 2. The first-order valence-corrected chi connectivity index (χ1v) is 4.61. The molecule has 104 valence electrons. The zero-order valence-corrected chi connectivity index (χ0v) is 9.28. The summed E-state index contributed by atoms with van der Waals surface area (Å²) in [6.07, 6.45) is -1.96. The van der Waals surface area contributed by atoms with Crippen molar-refractivity contribution in [1.29, 1.82) is 0 Å². The van der Waals surface area contributed by atoms with E-state index in [2.05, 4.69) is 9.47 Å². The molecule has 1 aliphatic rings.